The van der Waals surface area contributed by atoms with Crippen molar-refractivity contribution < 1.29 is 32.7 Å². The van der Waals surface area contributed by atoms with Crippen LogP contribution in [-0.2, 0) is 9.59 Å². The van der Waals surface area contributed by atoms with E-state index >= 15 is 0 Å². The highest BCUT2D eigenvalue weighted by molar-refractivity contribution is 9.13. The highest BCUT2D eigenvalue weighted by atomic mass is 79.9. The fourth-order valence-electron chi connectivity index (χ4n) is 2.71. The van der Waals surface area contributed by atoms with Crippen LogP contribution in [0.5, 0.6) is 0 Å². The normalized spacial score (nSPS) is 16.1. The van der Waals surface area contributed by atoms with Crippen molar-refractivity contribution in [3.05, 3.63) is 32.8 Å². The van der Waals surface area contributed by atoms with Crippen LogP contribution in [0.3, 0.4) is 0 Å². The summed E-state index contributed by atoms with van der Waals surface area (Å²) in [6, 6.07) is 4.13. The number of carbonyl (C=O) groups is 2. The second kappa shape index (κ2) is 9.69. The van der Waals surface area contributed by atoms with E-state index in [1.807, 2.05) is 12.3 Å². The molecule has 0 radical (unpaired) electrons. The quantitative estimate of drug-likeness (QED) is 0.525. The Labute approximate surface area is 185 Å². The number of rotatable bonds is 2. The molecule has 1 atom stereocenters. The van der Waals surface area contributed by atoms with Crippen LogP contribution in [0.4, 0.5) is 13.2 Å². The number of hydrogen-bond acceptors (Lipinski definition) is 5. The number of amides is 1. The van der Waals surface area contributed by atoms with E-state index in [1.54, 1.807) is 11.8 Å². The van der Waals surface area contributed by atoms with Crippen molar-refractivity contribution >= 4 is 60.6 Å². The Kier molecular flexibility index (Phi) is 7.75. The molecule has 13 heteroatoms. The third kappa shape index (κ3) is 5.88. The lowest BCUT2D eigenvalue weighted by atomic mass is 10.0. The van der Waals surface area contributed by atoms with Gasteiger partial charge in [-0.2, -0.15) is 17.9 Å². The van der Waals surface area contributed by atoms with Crippen LogP contribution in [0.1, 0.15) is 24.9 Å². The summed E-state index contributed by atoms with van der Waals surface area (Å²) in [6.07, 6.45) is -2.27. The molecule has 0 saturated heterocycles. The molecular formula is C17H17Br2F3N4O4. The van der Waals surface area contributed by atoms with E-state index in [0.29, 0.717) is 12.5 Å². The number of hydrogen-bond donors (Lipinski definition) is 3. The van der Waals surface area contributed by atoms with Crippen LogP contribution in [0, 0.1) is 0 Å². The second-order valence-electron chi connectivity index (χ2n) is 6.08. The van der Waals surface area contributed by atoms with Gasteiger partial charge in [0, 0.05) is 33.4 Å². The van der Waals surface area contributed by atoms with E-state index in [1.165, 1.54) is 6.92 Å². The average molecular weight is 558 g/mol. The lowest BCUT2D eigenvalue weighted by molar-refractivity contribution is -0.192. The lowest BCUT2D eigenvalue weighted by Crippen LogP contribution is -2.44. The van der Waals surface area contributed by atoms with E-state index < -0.39 is 12.1 Å². The number of halogens is 5. The third-order valence-electron chi connectivity index (χ3n) is 3.95. The molecule has 1 aliphatic heterocycles. The highest BCUT2D eigenvalue weighted by Crippen LogP contribution is 2.34. The zero-order valence-corrected chi connectivity index (χ0v) is 18.9. The van der Waals surface area contributed by atoms with E-state index in [-0.39, 0.29) is 11.9 Å². The van der Waals surface area contributed by atoms with Gasteiger partial charge in [-0.05, 0) is 50.4 Å². The standard InChI is InChI=1S/C15H16Br2N4O2.C2HF3O2/c1-8(22)19-15-18-4-3-13(20-15)10-7-21(23-2)14-6-12(17)11(16)5-9(10)14;3-2(4,5)1(6)7/h5-7,13H,3-4H2,1-2H3,(H2,18,19,20,22);(H,6,7). The summed E-state index contributed by atoms with van der Waals surface area (Å²) in [5.41, 5.74) is 2.08. The Morgan fingerprint density at radius 3 is 2.47 bits per heavy atom. The molecule has 1 aromatic heterocycles. The average Bonchev–Trinajstić information content (AvgIpc) is 2.99. The number of carboxylic acid groups (broad SMARTS) is 1. The van der Waals surface area contributed by atoms with Gasteiger partial charge in [-0.1, -0.05) is 0 Å². The van der Waals surface area contributed by atoms with Gasteiger partial charge in [0.2, 0.25) is 5.91 Å². The van der Waals surface area contributed by atoms with Gasteiger partial charge in [0.05, 0.1) is 17.8 Å². The Balaban J connectivity index is 0.000000396. The number of aromatic nitrogens is 1. The molecule has 1 aliphatic rings. The van der Waals surface area contributed by atoms with Gasteiger partial charge in [0.15, 0.2) is 5.96 Å². The van der Waals surface area contributed by atoms with Crippen LogP contribution < -0.4 is 15.5 Å². The molecule has 8 nitrogen and oxygen atoms in total. The molecule has 164 valence electrons. The molecule has 30 heavy (non-hydrogen) atoms. The number of alkyl halides is 3. The Morgan fingerprint density at radius 1 is 1.33 bits per heavy atom. The molecule has 2 heterocycles. The van der Waals surface area contributed by atoms with Gasteiger partial charge < -0.3 is 15.3 Å². The molecule has 2 aromatic rings. The molecule has 1 aromatic carbocycles. The van der Waals surface area contributed by atoms with Crippen molar-refractivity contribution in [2.45, 2.75) is 25.6 Å². The molecule has 0 saturated carbocycles. The summed E-state index contributed by atoms with van der Waals surface area (Å²) in [7, 11) is 1.64. The minimum absolute atomic E-state index is 0.0568. The number of aliphatic carboxylic acids is 1. The van der Waals surface area contributed by atoms with Gasteiger partial charge in [0.25, 0.3) is 0 Å². The number of nitrogens with one attached hydrogen (secondary N) is 2. The molecule has 1 amide bonds. The predicted octanol–water partition coefficient (Wildman–Crippen LogP) is 3.38. The molecular weight excluding hydrogens is 541 g/mol. The van der Waals surface area contributed by atoms with Crippen molar-refractivity contribution in [2.75, 3.05) is 13.7 Å². The van der Waals surface area contributed by atoms with Crippen molar-refractivity contribution in [1.29, 1.82) is 0 Å². The monoisotopic (exact) mass is 556 g/mol. The second-order valence-corrected chi connectivity index (χ2v) is 7.78. The van der Waals surface area contributed by atoms with Gasteiger partial charge in [-0.3, -0.25) is 15.1 Å². The molecule has 1 unspecified atom stereocenters. The van der Waals surface area contributed by atoms with Gasteiger partial charge in [-0.25, -0.2) is 4.79 Å². The predicted molar refractivity (Wildman–Crippen MR) is 110 cm³/mol. The van der Waals surface area contributed by atoms with Crippen molar-refractivity contribution in [2.24, 2.45) is 4.99 Å². The van der Waals surface area contributed by atoms with Crippen LogP contribution in [-0.4, -0.2) is 47.5 Å². The van der Waals surface area contributed by atoms with E-state index in [9.17, 15) is 18.0 Å². The zero-order chi connectivity index (χ0) is 22.6. The SMILES string of the molecule is COn1cc(C2CCN=C(NC(C)=O)N2)c2cc(Br)c(Br)cc21.O=C(O)C(F)(F)F. The van der Waals surface area contributed by atoms with Gasteiger partial charge in [0.1, 0.15) is 7.11 Å². The van der Waals surface area contributed by atoms with E-state index in [2.05, 4.69) is 53.6 Å². The minimum atomic E-state index is -5.08. The van der Waals surface area contributed by atoms with Crippen LogP contribution >= 0.6 is 31.9 Å². The number of carboxylic acids is 1. The summed E-state index contributed by atoms with van der Waals surface area (Å²) in [6.45, 7) is 2.13. The Bertz CT molecular complexity index is 992. The first-order chi connectivity index (χ1) is 13.9. The first kappa shape index (κ1) is 24.0. The summed E-state index contributed by atoms with van der Waals surface area (Å²) < 4.78 is 35.4. The van der Waals surface area contributed by atoms with Crippen molar-refractivity contribution in [1.82, 2.24) is 15.4 Å². The molecule has 0 aliphatic carbocycles. The van der Waals surface area contributed by atoms with E-state index in [4.69, 9.17) is 14.7 Å². The van der Waals surface area contributed by atoms with Crippen molar-refractivity contribution in [3.63, 3.8) is 0 Å². The highest BCUT2D eigenvalue weighted by Gasteiger charge is 2.38. The number of aliphatic imine (C=N–C) groups is 1. The van der Waals surface area contributed by atoms with Crippen LogP contribution in [0.2, 0.25) is 0 Å². The number of nitrogens with zero attached hydrogens (tertiary/aromatic N) is 2. The molecule has 0 bridgehead atoms. The minimum Gasteiger partial charge on any atom is -0.475 e. The molecule has 3 rings (SSSR count). The lowest BCUT2D eigenvalue weighted by Gasteiger charge is -2.24. The maximum atomic E-state index is 11.2. The Morgan fingerprint density at radius 2 is 1.93 bits per heavy atom. The fourth-order valence-corrected chi connectivity index (χ4v) is 3.38. The number of guanidine groups is 1. The van der Waals surface area contributed by atoms with E-state index in [0.717, 1.165) is 31.8 Å². The molecule has 3 N–H and O–H groups in total. The summed E-state index contributed by atoms with van der Waals surface area (Å²) in [5, 5.41) is 14.2. The Hall–Kier alpha value is -2.28. The molecule has 0 spiro atoms. The summed E-state index contributed by atoms with van der Waals surface area (Å²) in [4.78, 5) is 29.9. The largest absolute Gasteiger partial charge is 0.490 e. The number of fused-ring (bicyclic) bond motifs is 1. The summed E-state index contributed by atoms with van der Waals surface area (Å²) >= 11 is 7.08. The first-order valence-electron chi connectivity index (χ1n) is 8.37. The van der Waals surface area contributed by atoms with Crippen LogP contribution in [0.15, 0.2) is 32.3 Å². The zero-order valence-electron chi connectivity index (χ0n) is 15.7. The topological polar surface area (TPSA) is 105 Å². The van der Waals surface area contributed by atoms with Gasteiger partial charge in [-0.15, -0.1) is 0 Å². The van der Waals surface area contributed by atoms with Crippen LogP contribution in [0.25, 0.3) is 10.9 Å². The number of benzene rings is 1. The van der Waals surface area contributed by atoms with Crippen molar-refractivity contribution in [3.8, 4) is 0 Å². The van der Waals surface area contributed by atoms with Gasteiger partial charge >= 0.3 is 12.1 Å². The fraction of sp³-hybridized carbons (Fsp3) is 0.353. The number of carbonyl (C=O) groups excluding carboxylic acids is 1. The summed E-state index contributed by atoms with van der Waals surface area (Å²) in [5.74, 6) is -2.38. The first-order valence-corrected chi connectivity index (χ1v) is 9.95. The maximum Gasteiger partial charge on any atom is 0.490 e. The molecule has 0 fully saturated rings. The smallest absolute Gasteiger partial charge is 0.475 e. The maximum absolute atomic E-state index is 11.2. The third-order valence-corrected chi connectivity index (χ3v) is 5.80.